The topological polar surface area (TPSA) is 90.9 Å². The Bertz CT molecular complexity index is 1080. The first-order chi connectivity index (χ1) is 12.9. The van der Waals surface area contributed by atoms with Crippen LogP contribution in [0.4, 0.5) is 0 Å². The predicted octanol–water partition coefficient (Wildman–Crippen LogP) is 1.09. The first-order valence-corrected chi connectivity index (χ1v) is 8.89. The minimum atomic E-state index is -0.466. The van der Waals surface area contributed by atoms with Crippen molar-refractivity contribution in [1.82, 2.24) is 24.0 Å². The molecule has 1 aromatic carbocycles. The molecule has 0 saturated carbocycles. The van der Waals surface area contributed by atoms with Gasteiger partial charge in [0.2, 0.25) is 5.91 Å². The molecule has 0 unspecified atom stereocenters. The van der Waals surface area contributed by atoms with Crippen LogP contribution in [0.25, 0.3) is 11.2 Å². The lowest BCUT2D eigenvalue weighted by Crippen LogP contribution is -2.38. The van der Waals surface area contributed by atoms with Gasteiger partial charge in [0.15, 0.2) is 11.2 Å². The van der Waals surface area contributed by atoms with Crippen molar-refractivity contribution in [2.24, 2.45) is 14.1 Å². The van der Waals surface area contributed by atoms with Crippen LogP contribution in [0.1, 0.15) is 31.4 Å². The van der Waals surface area contributed by atoms with E-state index in [1.807, 2.05) is 30.3 Å². The highest BCUT2D eigenvalue weighted by atomic mass is 16.2. The number of rotatable bonds is 6. The molecule has 1 atom stereocenters. The molecule has 0 aliphatic rings. The van der Waals surface area contributed by atoms with Crippen molar-refractivity contribution < 1.29 is 4.79 Å². The van der Waals surface area contributed by atoms with Gasteiger partial charge < -0.3 is 9.88 Å². The third-order valence-electron chi connectivity index (χ3n) is 4.65. The smallest absolute Gasteiger partial charge is 0.332 e. The van der Waals surface area contributed by atoms with E-state index in [0.29, 0.717) is 0 Å². The number of hydrogen-bond donors (Lipinski definition) is 1. The number of carbonyl (C=O) groups excluding carboxylic acids is 1. The van der Waals surface area contributed by atoms with Gasteiger partial charge >= 0.3 is 5.69 Å². The van der Waals surface area contributed by atoms with E-state index in [2.05, 4.69) is 17.2 Å². The fourth-order valence-electron chi connectivity index (χ4n) is 3.21. The maximum Gasteiger partial charge on any atom is 0.332 e. The minimum Gasteiger partial charge on any atom is -0.348 e. The van der Waals surface area contributed by atoms with Crippen molar-refractivity contribution in [2.45, 2.75) is 32.4 Å². The molecule has 0 bridgehead atoms. The lowest BCUT2D eigenvalue weighted by molar-refractivity contribution is -0.122. The molecule has 3 aromatic rings. The van der Waals surface area contributed by atoms with Gasteiger partial charge in [0.1, 0.15) is 6.54 Å². The van der Waals surface area contributed by atoms with Crippen LogP contribution < -0.4 is 16.6 Å². The average molecular weight is 369 g/mol. The van der Waals surface area contributed by atoms with Crippen molar-refractivity contribution in [3.63, 3.8) is 0 Å². The summed E-state index contributed by atoms with van der Waals surface area (Å²) in [6.07, 6.45) is 3.16. The van der Waals surface area contributed by atoms with Gasteiger partial charge in [-0.15, -0.1) is 0 Å². The van der Waals surface area contributed by atoms with Crippen LogP contribution in [0.15, 0.2) is 46.2 Å². The van der Waals surface area contributed by atoms with Crippen LogP contribution in [0, 0.1) is 0 Å². The number of imidazole rings is 1. The van der Waals surface area contributed by atoms with Crippen molar-refractivity contribution >= 4 is 17.1 Å². The summed E-state index contributed by atoms with van der Waals surface area (Å²) in [5.74, 6) is -0.215. The van der Waals surface area contributed by atoms with Gasteiger partial charge in [-0.3, -0.25) is 18.7 Å². The fourth-order valence-corrected chi connectivity index (χ4v) is 3.21. The first kappa shape index (κ1) is 18.6. The molecule has 0 radical (unpaired) electrons. The van der Waals surface area contributed by atoms with E-state index in [1.54, 1.807) is 7.05 Å². The van der Waals surface area contributed by atoms with E-state index < -0.39 is 11.2 Å². The Morgan fingerprint density at radius 1 is 1.15 bits per heavy atom. The molecular weight excluding hydrogens is 346 g/mol. The maximum absolute atomic E-state index is 12.6. The van der Waals surface area contributed by atoms with Crippen LogP contribution in [0.2, 0.25) is 0 Å². The lowest BCUT2D eigenvalue weighted by atomic mass is 10.0. The number of carbonyl (C=O) groups is 1. The SMILES string of the molecule is CCC[C@@H](NC(=O)Cn1cnc2c1c(=O)n(C)c(=O)n2C)c1ccccc1. The Labute approximate surface area is 156 Å². The number of amides is 1. The molecule has 0 aliphatic heterocycles. The number of nitrogens with zero attached hydrogens (tertiary/aromatic N) is 4. The molecule has 8 heteroatoms. The Kier molecular flexibility index (Phi) is 5.25. The molecule has 27 heavy (non-hydrogen) atoms. The highest BCUT2D eigenvalue weighted by Gasteiger charge is 2.18. The van der Waals surface area contributed by atoms with E-state index in [9.17, 15) is 14.4 Å². The second-order valence-corrected chi connectivity index (χ2v) is 6.57. The van der Waals surface area contributed by atoms with E-state index in [0.717, 1.165) is 23.0 Å². The predicted molar refractivity (Wildman–Crippen MR) is 102 cm³/mol. The van der Waals surface area contributed by atoms with Gasteiger partial charge in [-0.05, 0) is 12.0 Å². The molecule has 0 spiro atoms. The van der Waals surface area contributed by atoms with Gasteiger partial charge in [0.05, 0.1) is 12.4 Å². The number of benzene rings is 1. The quantitative estimate of drug-likeness (QED) is 0.704. The zero-order chi connectivity index (χ0) is 19.6. The second kappa shape index (κ2) is 7.61. The number of aromatic nitrogens is 4. The Morgan fingerprint density at radius 3 is 2.52 bits per heavy atom. The van der Waals surface area contributed by atoms with Gasteiger partial charge in [-0.1, -0.05) is 43.7 Å². The van der Waals surface area contributed by atoms with Crippen LogP contribution in [0.3, 0.4) is 0 Å². The van der Waals surface area contributed by atoms with Gasteiger partial charge in [-0.25, -0.2) is 9.78 Å². The zero-order valence-corrected chi connectivity index (χ0v) is 15.7. The van der Waals surface area contributed by atoms with Crippen LogP contribution in [-0.2, 0) is 25.4 Å². The van der Waals surface area contributed by atoms with E-state index >= 15 is 0 Å². The molecule has 8 nitrogen and oxygen atoms in total. The third-order valence-corrected chi connectivity index (χ3v) is 4.65. The second-order valence-electron chi connectivity index (χ2n) is 6.57. The highest BCUT2D eigenvalue weighted by Crippen LogP contribution is 2.18. The average Bonchev–Trinajstić information content (AvgIpc) is 3.08. The molecule has 0 aliphatic carbocycles. The van der Waals surface area contributed by atoms with Crippen LogP contribution in [0.5, 0.6) is 0 Å². The maximum atomic E-state index is 12.6. The molecule has 1 N–H and O–H groups in total. The highest BCUT2D eigenvalue weighted by molar-refractivity contribution is 5.79. The Balaban J connectivity index is 1.88. The summed E-state index contributed by atoms with van der Waals surface area (Å²) >= 11 is 0. The zero-order valence-electron chi connectivity index (χ0n) is 15.7. The molecular formula is C19H23N5O3. The van der Waals surface area contributed by atoms with Gasteiger partial charge in [0.25, 0.3) is 5.56 Å². The molecule has 3 rings (SSSR count). The summed E-state index contributed by atoms with van der Waals surface area (Å²) in [6.45, 7) is 2.02. The molecule has 0 saturated heterocycles. The number of aryl methyl sites for hydroxylation is 1. The largest absolute Gasteiger partial charge is 0.348 e. The summed E-state index contributed by atoms with van der Waals surface area (Å²) in [5, 5.41) is 3.03. The standard InChI is InChI=1S/C19H23N5O3/c1-4-8-14(13-9-6-5-7-10-13)21-15(25)11-24-12-20-17-16(24)18(26)23(3)19(27)22(17)2/h5-7,9-10,12,14H,4,8,11H2,1-3H3,(H,21,25)/t14-/m1/s1. The van der Waals surface area contributed by atoms with Gasteiger partial charge in [-0.2, -0.15) is 0 Å². The number of hydrogen-bond acceptors (Lipinski definition) is 4. The van der Waals surface area contributed by atoms with Crippen molar-refractivity contribution in [2.75, 3.05) is 0 Å². The Morgan fingerprint density at radius 2 is 1.85 bits per heavy atom. The summed E-state index contributed by atoms with van der Waals surface area (Å²) in [5.41, 5.74) is 0.632. The van der Waals surface area contributed by atoms with E-state index in [-0.39, 0.29) is 29.7 Å². The summed E-state index contributed by atoms with van der Waals surface area (Å²) < 4.78 is 3.80. The third kappa shape index (κ3) is 3.55. The van der Waals surface area contributed by atoms with Crippen molar-refractivity contribution in [3.05, 3.63) is 63.1 Å². The minimum absolute atomic E-state index is 0.0447. The van der Waals surface area contributed by atoms with E-state index in [1.165, 1.54) is 22.5 Å². The van der Waals surface area contributed by atoms with Crippen molar-refractivity contribution in [1.29, 1.82) is 0 Å². The lowest BCUT2D eigenvalue weighted by Gasteiger charge is -2.19. The fraction of sp³-hybridized carbons (Fsp3) is 0.368. The van der Waals surface area contributed by atoms with Crippen LogP contribution in [-0.4, -0.2) is 24.6 Å². The van der Waals surface area contributed by atoms with Crippen molar-refractivity contribution in [3.8, 4) is 0 Å². The monoisotopic (exact) mass is 369 g/mol. The van der Waals surface area contributed by atoms with Gasteiger partial charge in [0, 0.05) is 14.1 Å². The molecule has 1 amide bonds. The number of nitrogens with one attached hydrogen (secondary N) is 1. The summed E-state index contributed by atoms with van der Waals surface area (Å²) in [4.78, 5) is 41.2. The Hall–Kier alpha value is -3.16. The molecule has 2 aromatic heterocycles. The normalized spacial score (nSPS) is 12.3. The molecule has 142 valence electrons. The molecule has 2 heterocycles. The van der Waals surface area contributed by atoms with Crippen LogP contribution >= 0.6 is 0 Å². The first-order valence-electron chi connectivity index (χ1n) is 8.89. The summed E-state index contributed by atoms with van der Waals surface area (Å²) in [7, 11) is 2.96. The molecule has 0 fully saturated rings. The summed E-state index contributed by atoms with van der Waals surface area (Å²) in [6, 6.07) is 9.70. The van der Waals surface area contributed by atoms with E-state index in [4.69, 9.17) is 0 Å². The number of fused-ring (bicyclic) bond motifs is 1.